The average Bonchev–Trinajstić information content (AvgIpc) is 3.18. The van der Waals surface area contributed by atoms with E-state index in [-0.39, 0.29) is 23.0 Å². The molecule has 0 saturated heterocycles. The summed E-state index contributed by atoms with van der Waals surface area (Å²) in [6.45, 7) is 10.8. The summed E-state index contributed by atoms with van der Waals surface area (Å²) in [5.41, 5.74) is 2.54. The lowest BCUT2D eigenvalue weighted by Gasteiger charge is -2.22. The van der Waals surface area contributed by atoms with Crippen molar-refractivity contribution in [3.63, 3.8) is 0 Å². The standard InChI is InChI=1S/C22H20N4O4S/c1-13-12-24-22(30-4)17-6-5-7-20(21(13)17)31(28,29)26-9-8-16-18(25-14(2)27)10-15(23-3)11-19(16)26/h5-7,10-12H,8-9H2,1-2,4H3,(H,25,27). The van der Waals surface area contributed by atoms with E-state index in [0.717, 1.165) is 0 Å². The van der Waals surface area contributed by atoms with Gasteiger partial charge in [-0.3, -0.25) is 9.10 Å². The van der Waals surface area contributed by atoms with Crippen molar-refractivity contribution in [3.8, 4) is 5.88 Å². The smallest absolute Gasteiger partial charge is 0.264 e. The molecule has 2 heterocycles. The highest BCUT2D eigenvalue weighted by Crippen LogP contribution is 2.42. The molecule has 31 heavy (non-hydrogen) atoms. The fourth-order valence-corrected chi connectivity index (χ4v) is 5.75. The highest BCUT2D eigenvalue weighted by molar-refractivity contribution is 7.93. The minimum atomic E-state index is -3.96. The summed E-state index contributed by atoms with van der Waals surface area (Å²) in [6.07, 6.45) is 2.02. The van der Waals surface area contributed by atoms with Crippen molar-refractivity contribution in [2.75, 3.05) is 23.3 Å². The van der Waals surface area contributed by atoms with Crippen LogP contribution in [0.4, 0.5) is 17.1 Å². The fraction of sp³-hybridized carbons (Fsp3) is 0.227. The Morgan fingerprint density at radius 2 is 2.10 bits per heavy atom. The zero-order valence-electron chi connectivity index (χ0n) is 17.3. The van der Waals surface area contributed by atoms with E-state index in [0.29, 0.717) is 45.6 Å². The van der Waals surface area contributed by atoms with E-state index in [2.05, 4.69) is 15.1 Å². The number of hydrogen-bond acceptors (Lipinski definition) is 5. The van der Waals surface area contributed by atoms with Crippen LogP contribution in [0.1, 0.15) is 18.1 Å². The van der Waals surface area contributed by atoms with Crippen LogP contribution in [-0.4, -0.2) is 33.0 Å². The van der Waals surface area contributed by atoms with Crippen molar-refractivity contribution in [2.24, 2.45) is 0 Å². The number of rotatable bonds is 4. The second-order valence-electron chi connectivity index (χ2n) is 7.24. The molecule has 0 spiro atoms. The number of carbonyl (C=O) groups is 1. The molecule has 2 aromatic carbocycles. The van der Waals surface area contributed by atoms with Crippen LogP contribution in [-0.2, 0) is 21.2 Å². The maximum Gasteiger partial charge on any atom is 0.264 e. The normalized spacial score (nSPS) is 13.0. The van der Waals surface area contributed by atoms with Crippen LogP contribution in [0.2, 0.25) is 0 Å². The topological polar surface area (TPSA) is 93.0 Å². The summed E-state index contributed by atoms with van der Waals surface area (Å²) in [6, 6.07) is 8.13. The van der Waals surface area contributed by atoms with Crippen LogP contribution in [0.3, 0.4) is 0 Å². The molecular formula is C22H20N4O4S. The number of nitrogens with zero attached hydrogens (tertiary/aromatic N) is 3. The van der Waals surface area contributed by atoms with Crippen LogP contribution in [0, 0.1) is 13.5 Å². The molecule has 0 fully saturated rings. The van der Waals surface area contributed by atoms with Crippen LogP contribution in [0.25, 0.3) is 15.6 Å². The van der Waals surface area contributed by atoms with E-state index in [9.17, 15) is 13.2 Å². The second-order valence-corrected chi connectivity index (χ2v) is 9.07. The lowest BCUT2D eigenvalue weighted by molar-refractivity contribution is -0.114. The Bertz CT molecular complexity index is 1380. The molecule has 1 aliphatic heterocycles. The Kier molecular flexibility index (Phi) is 5.03. The summed E-state index contributed by atoms with van der Waals surface area (Å²) >= 11 is 0. The molecule has 0 aliphatic carbocycles. The number of anilines is 2. The maximum absolute atomic E-state index is 13.8. The molecule has 1 aromatic heterocycles. The summed E-state index contributed by atoms with van der Waals surface area (Å²) in [4.78, 5) is 19.4. The predicted molar refractivity (Wildman–Crippen MR) is 118 cm³/mol. The van der Waals surface area contributed by atoms with Crippen molar-refractivity contribution >= 4 is 43.8 Å². The van der Waals surface area contributed by atoms with Crippen LogP contribution in [0.15, 0.2) is 41.4 Å². The van der Waals surface area contributed by atoms with Gasteiger partial charge in [-0.25, -0.2) is 18.2 Å². The van der Waals surface area contributed by atoms with Crippen LogP contribution in [0.5, 0.6) is 5.88 Å². The summed E-state index contributed by atoms with van der Waals surface area (Å²) in [7, 11) is -2.47. The van der Waals surface area contributed by atoms with Gasteiger partial charge in [-0.05, 0) is 48.7 Å². The molecular weight excluding hydrogens is 416 g/mol. The number of aromatic nitrogens is 1. The largest absolute Gasteiger partial charge is 0.481 e. The Morgan fingerprint density at radius 1 is 1.32 bits per heavy atom. The van der Waals surface area contributed by atoms with E-state index in [1.54, 1.807) is 43.5 Å². The lowest BCUT2D eigenvalue weighted by Crippen LogP contribution is -2.29. The van der Waals surface area contributed by atoms with E-state index in [1.807, 2.05) is 0 Å². The van der Waals surface area contributed by atoms with Gasteiger partial charge in [0.25, 0.3) is 10.0 Å². The minimum absolute atomic E-state index is 0.144. The average molecular weight is 436 g/mol. The molecule has 0 atom stereocenters. The molecule has 8 nitrogen and oxygen atoms in total. The quantitative estimate of drug-likeness (QED) is 0.628. The van der Waals surface area contributed by atoms with Gasteiger partial charge in [0.2, 0.25) is 11.8 Å². The number of aryl methyl sites for hydroxylation is 1. The zero-order valence-corrected chi connectivity index (χ0v) is 18.1. The molecule has 0 saturated carbocycles. The third-order valence-electron chi connectivity index (χ3n) is 5.27. The molecule has 0 bridgehead atoms. The van der Waals surface area contributed by atoms with Crippen molar-refractivity contribution in [3.05, 3.63) is 59.1 Å². The SMILES string of the molecule is [C-]#[N+]c1cc(NC(C)=O)c2c(c1)N(S(=O)(=O)c1cccc3c(OC)ncc(C)c13)CC2. The lowest BCUT2D eigenvalue weighted by atomic mass is 10.1. The number of carbonyl (C=O) groups excluding carboxylic acids is 1. The fourth-order valence-electron chi connectivity index (χ4n) is 3.98. The van der Waals surface area contributed by atoms with Crippen LogP contribution < -0.4 is 14.4 Å². The molecule has 0 radical (unpaired) electrons. The predicted octanol–water partition coefficient (Wildman–Crippen LogP) is 3.81. The number of ether oxygens (including phenoxy) is 1. The Balaban J connectivity index is 1.93. The molecule has 3 aromatic rings. The number of pyridine rings is 1. The molecule has 1 N–H and O–H groups in total. The molecule has 1 amide bonds. The van der Waals surface area contributed by atoms with Crippen molar-refractivity contribution in [1.82, 2.24) is 4.98 Å². The van der Waals surface area contributed by atoms with E-state index >= 15 is 0 Å². The highest BCUT2D eigenvalue weighted by atomic mass is 32.2. The van der Waals surface area contributed by atoms with Crippen molar-refractivity contribution < 1.29 is 17.9 Å². The first-order valence-corrected chi connectivity index (χ1v) is 11.0. The van der Waals surface area contributed by atoms with E-state index in [4.69, 9.17) is 11.3 Å². The summed E-state index contributed by atoms with van der Waals surface area (Å²) in [5.74, 6) is 0.0672. The number of methoxy groups -OCH3 is 1. The highest BCUT2D eigenvalue weighted by Gasteiger charge is 2.34. The van der Waals surface area contributed by atoms with Gasteiger partial charge in [-0.15, -0.1) is 0 Å². The van der Waals surface area contributed by atoms with Gasteiger partial charge in [-0.2, -0.15) is 0 Å². The number of nitrogens with one attached hydrogen (secondary N) is 1. The second kappa shape index (κ2) is 7.56. The third kappa shape index (κ3) is 3.35. The number of fused-ring (bicyclic) bond motifs is 2. The van der Waals surface area contributed by atoms with Crippen LogP contribution >= 0.6 is 0 Å². The minimum Gasteiger partial charge on any atom is -0.481 e. The van der Waals surface area contributed by atoms with Crippen molar-refractivity contribution in [2.45, 2.75) is 25.2 Å². The summed E-state index contributed by atoms with van der Waals surface area (Å²) < 4.78 is 34.2. The number of hydrogen-bond donors (Lipinski definition) is 1. The van der Waals surface area contributed by atoms with Crippen molar-refractivity contribution in [1.29, 1.82) is 0 Å². The summed E-state index contributed by atoms with van der Waals surface area (Å²) in [5, 5.41) is 3.87. The molecule has 158 valence electrons. The number of amides is 1. The molecule has 0 unspecified atom stereocenters. The van der Waals surface area contributed by atoms with Gasteiger partial charge in [0, 0.05) is 41.8 Å². The number of sulfonamides is 1. The van der Waals surface area contributed by atoms with Gasteiger partial charge in [0.15, 0.2) is 5.69 Å². The van der Waals surface area contributed by atoms with Gasteiger partial charge >= 0.3 is 0 Å². The first-order valence-electron chi connectivity index (χ1n) is 9.55. The van der Waals surface area contributed by atoms with E-state index < -0.39 is 10.0 Å². The van der Waals surface area contributed by atoms with Gasteiger partial charge in [-0.1, -0.05) is 6.07 Å². The Labute approximate surface area is 180 Å². The molecule has 4 rings (SSSR count). The number of benzene rings is 2. The Morgan fingerprint density at radius 3 is 2.77 bits per heavy atom. The first kappa shape index (κ1) is 20.6. The molecule has 1 aliphatic rings. The third-order valence-corrected chi connectivity index (χ3v) is 7.13. The van der Waals surface area contributed by atoms with E-state index in [1.165, 1.54) is 18.3 Å². The van der Waals surface area contributed by atoms with Gasteiger partial charge < -0.3 is 10.1 Å². The van der Waals surface area contributed by atoms with Gasteiger partial charge in [0.05, 0.1) is 18.6 Å². The van der Waals surface area contributed by atoms with Gasteiger partial charge in [0.1, 0.15) is 0 Å². The Hall–Kier alpha value is -3.64. The first-order chi connectivity index (χ1) is 14.8. The monoisotopic (exact) mass is 436 g/mol. The molecule has 9 heteroatoms. The maximum atomic E-state index is 13.8. The zero-order chi connectivity index (χ0) is 22.3.